The van der Waals surface area contributed by atoms with E-state index in [2.05, 4.69) is 30.4 Å². The van der Waals surface area contributed by atoms with E-state index < -0.39 is 20.0 Å². The molecular formula is C40H43BrN10O4S2. The number of halogens is 1. The molecule has 0 aliphatic heterocycles. The maximum Gasteiger partial charge on any atom is 0.325 e. The van der Waals surface area contributed by atoms with Gasteiger partial charge in [0.15, 0.2) is 22.5 Å². The molecule has 2 aromatic carbocycles. The van der Waals surface area contributed by atoms with Crippen LogP contribution in [0, 0.1) is 13.8 Å². The van der Waals surface area contributed by atoms with Gasteiger partial charge in [0.05, 0.1) is 21.5 Å². The van der Waals surface area contributed by atoms with Gasteiger partial charge in [-0.2, -0.15) is 4.40 Å². The van der Waals surface area contributed by atoms with E-state index in [1.807, 2.05) is 28.7 Å². The topological polar surface area (TPSA) is 166 Å². The fourth-order valence-electron chi connectivity index (χ4n) is 8.24. The van der Waals surface area contributed by atoms with E-state index in [4.69, 9.17) is 0 Å². The fourth-order valence-corrected chi connectivity index (χ4v) is 10.8. The Balaban J connectivity index is 0.000000157. The van der Waals surface area contributed by atoms with Crippen LogP contribution in [-0.2, 0) is 20.0 Å². The van der Waals surface area contributed by atoms with Crippen molar-refractivity contribution in [3.05, 3.63) is 108 Å². The van der Waals surface area contributed by atoms with Crippen molar-refractivity contribution in [2.75, 3.05) is 0 Å². The zero-order chi connectivity index (χ0) is 38.6. The Morgan fingerprint density at radius 2 is 1.05 bits per heavy atom. The third-order valence-electron chi connectivity index (χ3n) is 11.3. The summed E-state index contributed by atoms with van der Waals surface area (Å²) in [6, 6.07) is 17.3. The van der Waals surface area contributed by atoms with Crippen LogP contribution in [0.15, 0.2) is 95.2 Å². The van der Waals surface area contributed by atoms with Gasteiger partial charge in [-0.3, -0.25) is 4.40 Å². The Morgan fingerprint density at radius 1 is 0.579 bits per heavy atom. The molecule has 6 heterocycles. The number of aromatic amines is 1. The van der Waals surface area contributed by atoms with Crippen LogP contribution in [0.4, 0.5) is 0 Å². The molecule has 0 amide bonds. The van der Waals surface area contributed by atoms with E-state index in [0.29, 0.717) is 28.8 Å². The van der Waals surface area contributed by atoms with E-state index in [-0.39, 0.29) is 26.8 Å². The summed E-state index contributed by atoms with van der Waals surface area (Å²) in [6.07, 6.45) is 18.1. The molecule has 0 spiro atoms. The fraction of sp³-hybridized carbons (Fsp3) is 0.350. The second-order valence-corrected chi connectivity index (χ2v) is 18.6. The number of nitrogens with zero attached hydrogens (tertiary/aromatic N) is 9. The molecule has 2 aliphatic carbocycles. The lowest BCUT2D eigenvalue weighted by Crippen LogP contribution is -3.00. The number of rotatable bonds is 6. The molecule has 0 bridgehead atoms. The first-order valence-corrected chi connectivity index (χ1v) is 22.1. The van der Waals surface area contributed by atoms with Gasteiger partial charge < -0.3 is 17.0 Å². The minimum absolute atomic E-state index is 0. The average molecular weight is 872 g/mol. The first-order chi connectivity index (χ1) is 27.1. The summed E-state index contributed by atoms with van der Waals surface area (Å²) >= 11 is 0. The number of fused-ring (bicyclic) bond motifs is 6. The summed E-state index contributed by atoms with van der Waals surface area (Å²) in [5.74, 6) is 2.61. The van der Waals surface area contributed by atoms with Crippen molar-refractivity contribution >= 4 is 53.7 Å². The van der Waals surface area contributed by atoms with Gasteiger partial charge in [-0.1, -0.05) is 73.9 Å². The highest BCUT2D eigenvalue weighted by atomic mass is 79.9. The smallest absolute Gasteiger partial charge is 0.325 e. The van der Waals surface area contributed by atoms with E-state index in [0.717, 1.165) is 65.1 Å². The molecule has 2 aliphatic rings. The van der Waals surface area contributed by atoms with Crippen molar-refractivity contribution in [1.29, 1.82) is 0 Å². The number of aryl methyl sites for hydroxylation is 2. The van der Waals surface area contributed by atoms with Crippen molar-refractivity contribution in [2.45, 2.75) is 99.7 Å². The predicted molar refractivity (Wildman–Crippen MR) is 210 cm³/mol. The highest BCUT2D eigenvalue weighted by Crippen LogP contribution is 2.34. The molecule has 1 N–H and O–H groups in total. The molecule has 0 saturated heterocycles. The summed E-state index contributed by atoms with van der Waals surface area (Å²) in [5, 5.41) is 16.3. The number of hydrogen-bond donors (Lipinski definition) is 0. The van der Waals surface area contributed by atoms with Crippen LogP contribution < -0.4 is 22.1 Å². The zero-order valence-electron chi connectivity index (χ0n) is 31.7. The third-order valence-corrected chi connectivity index (χ3v) is 14.6. The normalized spacial score (nSPS) is 15.9. The van der Waals surface area contributed by atoms with Crippen LogP contribution in [0.1, 0.15) is 98.8 Å². The monoisotopic (exact) mass is 870 g/mol. The molecule has 2 saturated carbocycles. The van der Waals surface area contributed by atoms with Crippen LogP contribution in [-0.4, -0.2) is 58.8 Å². The summed E-state index contributed by atoms with van der Waals surface area (Å²) in [7, 11) is -7.45. The van der Waals surface area contributed by atoms with Gasteiger partial charge in [0.1, 0.15) is 12.0 Å². The molecule has 14 nitrogen and oxygen atoms in total. The van der Waals surface area contributed by atoms with Gasteiger partial charge in [-0.15, -0.1) is 15.3 Å². The largest absolute Gasteiger partial charge is 1.00 e. The molecule has 0 unspecified atom stereocenters. The Morgan fingerprint density at radius 3 is 1.58 bits per heavy atom. The Kier molecular flexibility index (Phi) is 10.5. The van der Waals surface area contributed by atoms with E-state index in [9.17, 15) is 16.8 Å². The number of nitrogens with one attached hydrogen (secondary N) is 1. The lowest BCUT2D eigenvalue weighted by molar-refractivity contribution is -0.422. The van der Waals surface area contributed by atoms with Crippen LogP contribution in [0.2, 0.25) is 0 Å². The zero-order valence-corrected chi connectivity index (χ0v) is 34.9. The molecule has 8 aromatic rings. The van der Waals surface area contributed by atoms with Gasteiger partial charge in [0, 0.05) is 30.3 Å². The van der Waals surface area contributed by atoms with E-state index >= 15 is 0 Å². The minimum atomic E-state index is -3.73. The lowest BCUT2D eigenvalue weighted by Gasteiger charge is -2.20. The van der Waals surface area contributed by atoms with Crippen molar-refractivity contribution in [3.8, 4) is 0 Å². The molecule has 0 atom stereocenters. The number of aromatic nitrogens is 10. The van der Waals surface area contributed by atoms with Gasteiger partial charge in [-0.25, -0.2) is 34.7 Å². The van der Waals surface area contributed by atoms with Crippen molar-refractivity contribution in [3.63, 3.8) is 0 Å². The van der Waals surface area contributed by atoms with Crippen molar-refractivity contribution < 1.29 is 38.9 Å². The number of hydrogen-bond acceptors (Lipinski definition) is 9. The Bertz CT molecular complexity index is 2740. The quantitative estimate of drug-likeness (QED) is 0.242. The second kappa shape index (κ2) is 15.4. The first-order valence-electron chi connectivity index (χ1n) is 19.2. The Labute approximate surface area is 340 Å². The maximum absolute atomic E-state index is 13.2. The Hall–Kier alpha value is -5.00. The molecule has 0 radical (unpaired) electrons. The van der Waals surface area contributed by atoms with E-state index in [1.165, 1.54) is 46.5 Å². The maximum atomic E-state index is 13.2. The van der Waals surface area contributed by atoms with Gasteiger partial charge in [0.2, 0.25) is 5.82 Å². The number of H-pyrrole nitrogens is 1. The third kappa shape index (κ3) is 6.92. The van der Waals surface area contributed by atoms with Crippen LogP contribution >= 0.6 is 0 Å². The highest BCUT2D eigenvalue weighted by Gasteiger charge is 2.30. The molecule has 17 heteroatoms. The van der Waals surface area contributed by atoms with Gasteiger partial charge >= 0.3 is 5.65 Å². The molecule has 2 fully saturated rings. The SMILES string of the molecule is Cc1ccc(S(=O)(=O)n2ccc3c2ncc2[nH+]nc(C4CCCCC4)n23)cc1.Cc1ccc(S(=O)(=O)n2ccc3c2ncc2nnc(C4CCCCC4)n23)cc1.[Br-]. The summed E-state index contributed by atoms with van der Waals surface area (Å²) in [4.78, 5) is 9.32. The second-order valence-electron chi connectivity index (χ2n) is 15.0. The summed E-state index contributed by atoms with van der Waals surface area (Å²) in [5.41, 5.74) is 5.74. The first kappa shape index (κ1) is 38.9. The highest BCUT2D eigenvalue weighted by molar-refractivity contribution is 7.90. The average Bonchev–Trinajstić information content (AvgIpc) is 4.03. The number of benzene rings is 2. The van der Waals surface area contributed by atoms with Crippen molar-refractivity contribution in [1.82, 2.24) is 42.0 Å². The van der Waals surface area contributed by atoms with E-state index in [1.54, 1.807) is 79.4 Å². The molecule has 10 rings (SSSR count). The summed E-state index contributed by atoms with van der Waals surface area (Å²) in [6.45, 7) is 3.86. The lowest BCUT2D eigenvalue weighted by atomic mass is 9.89. The van der Waals surface area contributed by atoms with Gasteiger partial charge in [0.25, 0.3) is 20.0 Å². The van der Waals surface area contributed by atoms with Crippen LogP contribution in [0.3, 0.4) is 0 Å². The molecule has 296 valence electrons. The molecular weight excluding hydrogens is 829 g/mol. The summed E-state index contributed by atoms with van der Waals surface area (Å²) < 4.78 is 59.2. The predicted octanol–water partition coefficient (Wildman–Crippen LogP) is 3.77. The van der Waals surface area contributed by atoms with Gasteiger partial charge in [-0.05, 0) is 75.0 Å². The van der Waals surface area contributed by atoms with Crippen molar-refractivity contribution in [2.24, 2.45) is 0 Å². The minimum Gasteiger partial charge on any atom is -1.00 e. The van der Waals surface area contributed by atoms with Crippen LogP contribution in [0.5, 0.6) is 0 Å². The molecule has 57 heavy (non-hydrogen) atoms. The van der Waals surface area contributed by atoms with Crippen LogP contribution in [0.25, 0.3) is 33.6 Å². The standard InChI is InChI=1S/2C20H21N5O2S.BrH/c2*1-14-7-9-16(10-8-14)28(26,27)24-12-11-17-20(24)21-13-18-22-23-19(25(17)18)15-5-3-2-4-6-15;/h2*7-13,15H,2-6H2,1H3;1H. The molecule has 6 aromatic heterocycles.